The molecule has 0 amide bonds. The number of halogens is 1. The van der Waals surface area contributed by atoms with E-state index in [9.17, 15) is 9.90 Å². The lowest BCUT2D eigenvalue weighted by Gasteiger charge is -2.10. The Morgan fingerprint density at radius 1 is 1.41 bits per heavy atom. The number of hydrogen-bond acceptors (Lipinski definition) is 5. The highest BCUT2D eigenvalue weighted by molar-refractivity contribution is 5.85. The number of carbonyl (C=O) groups excluding carboxylic acids is 1. The third-order valence-electron chi connectivity index (χ3n) is 2.08. The van der Waals surface area contributed by atoms with Crippen LogP contribution in [0.1, 0.15) is 12.5 Å². The Morgan fingerprint density at radius 3 is 2.59 bits per heavy atom. The lowest BCUT2D eigenvalue weighted by molar-refractivity contribution is -0.144. The molecule has 1 atom stereocenters. The first-order valence-electron chi connectivity index (χ1n) is 4.97. The van der Waals surface area contributed by atoms with Crippen LogP contribution >= 0.6 is 12.4 Å². The van der Waals surface area contributed by atoms with Crippen molar-refractivity contribution in [2.45, 2.75) is 19.4 Å². The van der Waals surface area contributed by atoms with Crippen LogP contribution in [0.3, 0.4) is 0 Å². The highest BCUT2D eigenvalue weighted by atomic mass is 35.5. The lowest BCUT2D eigenvalue weighted by Crippen LogP contribution is -2.34. The predicted octanol–water partition coefficient (Wildman–Crippen LogP) is 0.952. The van der Waals surface area contributed by atoms with E-state index in [-0.39, 0.29) is 36.9 Å². The highest BCUT2D eigenvalue weighted by Gasteiger charge is 2.15. The van der Waals surface area contributed by atoms with Crippen molar-refractivity contribution in [2.24, 2.45) is 5.73 Å². The summed E-state index contributed by atoms with van der Waals surface area (Å²) >= 11 is 0. The number of hydrogen-bond donors (Lipinski definition) is 3. The smallest absolute Gasteiger partial charge is 0.323 e. The van der Waals surface area contributed by atoms with Gasteiger partial charge < -0.3 is 20.7 Å². The van der Waals surface area contributed by atoms with E-state index < -0.39 is 12.0 Å². The molecular weight excluding hydrogens is 246 g/mol. The summed E-state index contributed by atoms with van der Waals surface area (Å²) in [6, 6.07) is 3.55. The number of esters is 1. The number of nitrogens with two attached hydrogens (primary N) is 1. The monoisotopic (exact) mass is 261 g/mol. The summed E-state index contributed by atoms with van der Waals surface area (Å²) in [7, 11) is 0. The predicted molar refractivity (Wildman–Crippen MR) is 65.3 cm³/mol. The molecule has 0 radical (unpaired) electrons. The molecule has 1 aromatic carbocycles. The normalized spacial score (nSPS) is 11.4. The molecule has 0 unspecified atom stereocenters. The molecule has 1 rings (SSSR count). The average Bonchev–Trinajstić information content (AvgIpc) is 2.24. The van der Waals surface area contributed by atoms with Crippen LogP contribution in [0.2, 0.25) is 0 Å². The molecule has 4 N–H and O–H groups in total. The van der Waals surface area contributed by atoms with Crippen molar-refractivity contribution in [1.29, 1.82) is 0 Å². The highest BCUT2D eigenvalue weighted by Crippen LogP contribution is 2.25. The Kier molecular flexibility index (Phi) is 6.38. The van der Waals surface area contributed by atoms with E-state index in [1.807, 2.05) is 0 Å². The number of carbonyl (C=O) groups is 1. The van der Waals surface area contributed by atoms with Crippen LogP contribution in [0.5, 0.6) is 11.5 Å². The Labute approximate surface area is 106 Å². The maximum absolute atomic E-state index is 11.2. The summed E-state index contributed by atoms with van der Waals surface area (Å²) in [5, 5.41) is 18.3. The minimum atomic E-state index is -0.760. The van der Waals surface area contributed by atoms with Crippen LogP contribution in [-0.4, -0.2) is 28.8 Å². The molecule has 0 saturated heterocycles. The molecule has 0 aromatic heterocycles. The quantitative estimate of drug-likeness (QED) is 0.554. The van der Waals surface area contributed by atoms with Crippen molar-refractivity contribution >= 4 is 18.4 Å². The molecule has 0 bridgehead atoms. The maximum atomic E-state index is 11.2. The van der Waals surface area contributed by atoms with E-state index in [0.717, 1.165) is 0 Å². The van der Waals surface area contributed by atoms with Gasteiger partial charge in [-0.1, -0.05) is 6.07 Å². The first kappa shape index (κ1) is 15.5. The van der Waals surface area contributed by atoms with Crippen molar-refractivity contribution in [3.8, 4) is 11.5 Å². The third-order valence-corrected chi connectivity index (χ3v) is 2.08. The van der Waals surface area contributed by atoms with Crippen LogP contribution in [0.4, 0.5) is 0 Å². The molecule has 5 nitrogen and oxygen atoms in total. The van der Waals surface area contributed by atoms with Crippen molar-refractivity contribution in [1.82, 2.24) is 0 Å². The van der Waals surface area contributed by atoms with Crippen LogP contribution in [0.25, 0.3) is 0 Å². The summed E-state index contributed by atoms with van der Waals surface area (Å²) in [4.78, 5) is 11.2. The largest absolute Gasteiger partial charge is 0.504 e. The van der Waals surface area contributed by atoms with Crippen molar-refractivity contribution < 1.29 is 19.7 Å². The fourth-order valence-corrected chi connectivity index (χ4v) is 1.28. The van der Waals surface area contributed by atoms with Gasteiger partial charge in [0.05, 0.1) is 6.61 Å². The van der Waals surface area contributed by atoms with Gasteiger partial charge in [0.1, 0.15) is 6.04 Å². The molecule has 17 heavy (non-hydrogen) atoms. The van der Waals surface area contributed by atoms with Crippen LogP contribution in [0.15, 0.2) is 18.2 Å². The Bertz CT molecular complexity index is 384. The van der Waals surface area contributed by atoms with Crippen LogP contribution in [-0.2, 0) is 16.0 Å². The Morgan fingerprint density at radius 2 is 2.06 bits per heavy atom. The zero-order chi connectivity index (χ0) is 12.1. The summed E-state index contributed by atoms with van der Waals surface area (Å²) in [5.74, 6) is -0.905. The fourth-order valence-electron chi connectivity index (χ4n) is 1.28. The summed E-state index contributed by atoms with van der Waals surface area (Å²) in [6.07, 6.45) is 0.257. The minimum absolute atomic E-state index is 0. The number of rotatable bonds is 4. The van der Waals surface area contributed by atoms with E-state index in [1.165, 1.54) is 12.1 Å². The molecule has 0 saturated carbocycles. The fraction of sp³-hybridized carbons (Fsp3) is 0.364. The van der Waals surface area contributed by atoms with E-state index >= 15 is 0 Å². The molecule has 0 heterocycles. The molecular formula is C11H16ClNO4. The first-order chi connectivity index (χ1) is 7.54. The van der Waals surface area contributed by atoms with Crippen molar-refractivity contribution in [3.63, 3.8) is 0 Å². The van der Waals surface area contributed by atoms with E-state index in [0.29, 0.717) is 5.56 Å². The number of ether oxygens (including phenoxy) is 1. The average molecular weight is 262 g/mol. The van der Waals surface area contributed by atoms with Gasteiger partial charge in [-0.15, -0.1) is 12.4 Å². The summed E-state index contributed by atoms with van der Waals surface area (Å²) in [6.45, 7) is 1.99. The third kappa shape index (κ3) is 4.50. The topological polar surface area (TPSA) is 92.8 Å². The lowest BCUT2D eigenvalue weighted by atomic mass is 10.1. The van der Waals surface area contributed by atoms with Gasteiger partial charge in [0, 0.05) is 0 Å². The van der Waals surface area contributed by atoms with Crippen molar-refractivity contribution in [3.05, 3.63) is 23.8 Å². The standard InChI is InChI=1S/C11H15NO4.ClH/c1-2-16-11(15)8(12)5-7-3-4-9(13)10(14)6-7;/h3-4,6,8,13-14H,2,5,12H2,1H3;1H/t8-;/m1./s1. The SMILES string of the molecule is CCOC(=O)[C@H](N)Cc1ccc(O)c(O)c1.Cl. The molecule has 0 aliphatic rings. The van der Waals surface area contributed by atoms with Gasteiger partial charge in [-0.2, -0.15) is 0 Å². The maximum Gasteiger partial charge on any atom is 0.323 e. The minimum Gasteiger partial charge on any atom is -0.504 e. The number of aromatic hydroxyl groups is 2. The second-order valence-corrected chi connectivity index (χ2v) is 3.39. The number of benzene rings is 1. The molecule has 0 fully saturated rings. The zero-order valence-electron chi connectivity index (χ0n) is 9.42. The Hall–Kier alpha value is -1.46. The van der Waals surface area contributed by atoms with Gasteiger partial charge in [-0.05, 0) is 31.0 Å². The molecule has 96 valence electrons. The van der Waals surface area contributed by atoms with Gasteiger partial charge in [0.2, 0.25) is 0 Å². The molecule has 0 aliphatic carbocycles. The molecule has 0 spiro atoms. The summed E-state index contributed by atoms with van der Waals surface area (Å²) in [5.41, 5.74) is 6.27. The zero-order valence-corrected chi connectivity index (χ0v) is 10.2. The number of phenols is 2. The van der Waals surface area contributed by atoms with E-state index in [1.54, 1.807) is 13.0 Å². The Balaban J connectivity index is 0.00000256. The van der Waals surface area contributed by atoms with Gasteiger partial charge in [0.25, 0.3) is 0 Å². The summed E-state index contributed by atoms with van der Waals surface area (Å²) < 4.78 is 4.75. The van der Waals surface area contributed by atoms with Crippen LogP contribution < -0.4 is 5.73 Å². The first-order valence-corrected chi connectivity index (χ1v) is 4.97. The van der Waals surface area contributed by atoms with Gasteiger partial charge in [-0.3, -0.25) is 4.79 Å². The van der Waals surface area contributed by atoms with E-state index in [2.05, 4.69) is 0 Å². The second-order valence-electron chi connectivity index (χ2n) is 3.39. The van der Waals surface area contributed by atoms with Gasteiger partial charge >= 0.3 is 5.97 Å². The van der Waals surface area contributed by atoms with E-state index in [4.69, 9.17) is 15.6 Å². The van der Waals surface area contributed by atoms with Gasteiger partial charge in [-0.25, -0.2) is 0 Å². The van der Waals surface area contributed by atoms with Crippen LogP contribution in [0, 0.1) is 0 Å². The second kappa shape index (κ2) is 6.98. The molecule has 6 heteroatoms. The molecule has 0 aliphatic heterocycles. The molecule has 1 aromatic rings. The van der Waals surface area contributed by atoms with Gasteiger partial charge in [0.15, 0.2) is 11.5 Å². The number of phenolic OH excluding ortho intramolecular Hbond substituents is 2. The van der Waals surface area contributed by atoms with Crippen molar-refractivity contribution in [2.75, 3.05) is 6.61 Å².